The number of hydrogen-bond acceptors (Lipinski definition) is 4. The number of rotatable bonds is 4. The molecular formula is C15H10O5. The molecule has 2 rings (SSSR count). The van der Waals surface area contributed by atoms with E-state index < -0.39 is 17.7 Å². The number of Topliss-reactive ketones (excluding diaryl/α,β-unsaturated/α-hetero) is 2. The Morgan fingerprint density at radius 3 is 2.05 bits per heavy atom. The Balaban J connectivity index is 2.34. The van der Waals surface area contributed by atoms with Gasteiger partial charge < -0.3 is 9.84 Å². The standard InChI is InChI=1S/C15H10O5/c16-13(10-6-2-1-3-7-10)14(17)11-8-4-5-9-12(11)20-15(18)19/h1-9H,(H,18,19). The van der Waals surface area contributed by atoms with E-state index in [2.05, 4.69) is 4.74 Å². The summed E-state index contributed by atoms with van der Waals surface area (Å²) in [7, 11) is 0. The maximum absolute atomic E-state index is 12.1. The minimum absolute atomic E-state index is 0.0799. The average molecular weight is 270 g/mol. The van der Waals surface area contributed by atoms with Crippen LogP contribution in [0.3, 0.4) is 0 Å². The van der Waals surface area contributed by atoms with Gasteiger partial charge in [0.25, 0.3) is 0 Å². The zero-order valence-electron chi connectivity index (χ0n) is 10.3. The third-order valence-corrected chi connectivity index (χ3v) is 2.57. The van der Waals surface area contributed by atoms with E-state index in [1.165, 1.54) is 36.4 Å². The molecule has 1 N–H and O–H groups in total. The number of hydrogen-bond donors (Lipinski definition) is 1. The monoisotopic (exact) mass is 270 g/mol. The van der Waals surface area contributed by atoms with Crippen LogP contribution in [0.15, 0.2) is 54.6 Å². The highest BCUT2D eigenvalue weighted by molar-refractivity contribution is 6.49. The number of para-hydroxylation sites is 1. The molecule has 0 radical (unpaired) electrons. The first kappa shape index (κ1) is 13.5. The highest BCUT2D eigenvalue weighted by Crippen LogP contribution is 2.20. The molecule has 0 spiro atoms. The summed E-state index contributed by atoms with van der Waals surface area (Å²) >= 11 is 0. The summed E-state index contributed by atoms with van der Waals surface area (Å²) in [4.78, 5) is 34.7. The van der Waals surface area contributed by atoms with Crippen molar-refractivity contribution in [1.29, 1.82) is 0 Å². The van der Waals surface area contributed by atoms with Gasteiger partial charge in [-0.25, -0.2) is 4.79 Å². The molecule has 0 saturated carbocycles. The molecule has 2 aromatic carbocycles. The van der Waals surface area contributed by atoms with Gasteiger partial charge in [0.05, 0.1) is 5.56 Å². The van der Waals surface area contributed by atoms with Crippen LogP contribution in [0.2, 0.25) is 0 Å². The molecule has 0 aliphatic rings. The molecule has 5 heteroatoms. The third kappa shape index (κ3) is 2.89. The molecule has 0 bridgehead atoms. The smallest absolute Gasteiger partial charge is 0.449 e. The summed E-state index contributed by atoms with van der Waals surface area (Å²) in [6, 6.07) is 13.7. The van der Waals surface area contributed by atoms with Crippen LogP contribution >= 0.6 is 0 Å². The molecule has 0 aliphatic heterocycles. The van der Waals surface area contributed by atoms with Crippen LogP contribution in [0.4, 0.5) is 4.79 Å². The van der Waals surface area contributed by atoms with Gasteiger partial charge in [-0.3, -0.25) is 9.59 Å². The molecule has 100 valence electrons. The SMILES string of the molecule is O=C(O)Oc1ccccc1C(=O)C(=O)c1ccccc1. The van der Waals surface area contributed by atoms with E-state index in [0.717, 1.165) is 0 Å². The van der Waals surface area contributed by atoms with E-state index in [1.54, 1.807) is 18.2 Å². The van der Waals surface area contributed by atoms with E-state index in [-0.39, 0.29) is 16.9 Å². The molecule has 0 unspecified atom stereocenters. The number of ether oxygens (including phenoxy) is 1. The lowest BCUT2D eigenvalue weighted by atomic mass is 10.0. The lowest BCUT2D eigenvalue weighted by molar-refractivity contribution is 0.0814. The van der Waals surface area contributed by atoms with Crippen molar-refractivity contribution in [1.82, 2.24) is 0 Å². The van der Waals surface area contributed by atoms with Gasteiger partial charge in [-0.2, -0.15) is 0 Å². The zero-order chi connectivity index (χ0) is 14.5. The molecule has 0 aliphatic carbocycles. The lowest BCUT2D eigenvalue weighted by Gasteiger charge is -2.06. The largest absolute Gasteiger partial charge is 0.511 e. The second-order valence-corrected chi connectivity index (χ2v) is 3.89. The number of carbonyl (C=O) groups is 3. The van der Waals surface area contributed by atoms with Crippen LogP contribution in [-0.4, -0.2) is 22.8 Å². The molecule has 0 aromatic heterocycles. The van der Waals surface area contributed by atoms with Crippen molar-refractivity contribution in [3.05, 3.63) is 65.7 Å². The first-order valence-electron chi connectivity index (χ1n) is 5.73. The van der Waals surface area contributed by atoms with Crippen LogP contribution in [-0.2, 0) is 0 Å². The van der Waals surface area contributed by atoms with Crippen molar-refractivity contribution in [3.8, 4) is 5.75 Å². The second kappa shape index (κ2) is 5.79. The van der Waals surface area contributed by atoms with Crippen LogP contribution in [0.1, 0.15) is 20.7 Å². The Hall–Kier alpha value is -2.95. The Bertz CT molecular complexity index is 661. The summed E-state index contributed by atoms with van der Waals surface area (Å²) in [5, 5.41) is 8.61. The van der Waals surface area contributed by atoms with E-state index in [1.807, 2.05) is 0 Å². The minimum Gasteiger partial charge on any atom is -0.449 e. The highest BCUT2D eigenvalue weighted by atomic mass is 16.7. The van der Waals surface area contributed by atoms with Crippen molar-refractivity contribution >= 4 is 17.7 Å². The lowest BCUT2D eigenvalue weighted by Crippen LogP contribution is -2.16. The third-order valence-electron chi connectivity index (χ3n) is 2.57. The maximum atomic E-state index is 12.1. The summed E-state index contributed by atoms with van der Waals surface area (Å²) in [5.41, 5.74) is 0.159. The number of benzene rings is 2. The van der Waals surface area contributed by atoms with Crippen LogP contribution < -0.4 is 4.74 Å². The van der Waals surface area contributed by atoms with E-state index >= 15 is 0 Å². The van der Waals surface area contributed by atoms with Crippen LogP contribution in [0.5, 0.6) is 5.75 Å². The Morgan fingerprint density at radius 1 is 0.800 bits per heavy atom. The molecule has 0 fully saturated rings. The Kier molecular flexibility index (Phi) is 3.91. The van der Waals surface area contributed by atoms with Crippen molar-refractivity contribution in [2.24, 2.45) is 0 Å². The van der Waals surface area contributed by atoms with Gasteiger partial charge in [-0.05, 0) is 12.1 Å². The molecular weight excluding hydrogens is 260 g/mol. The summed E-state index contributed by atoms with van der Waals surface area (Å²) < 4.78 is 4.50. The van der Waals surface area contributed by atoms with Gasteiger partial charge >= 0.3 is 6.16 Å². The number of carbonyl (C=O) groups excluding carboxylic acids is 2. The zero-order valence-corrected chi connectivity index (χ0v) is 10.3. The fraction of sp³-hybridized carbons (Fsp3) is 0. The van der Waals surface area contributed by atoms with Gasteiger partial charge in [0.1, 0.15) is 5.75 Å². The van der Waals surface area contributed by atoms with E-state index in [9.17, 15) is 14.4 Å². The fourth-order valence-electron chi connectivity index (χ4n) is 1.68. The normalized spacial score (nSPS) is 9.80. The average Bonchev–Trinajstić information content (AvgIpc) is 2.46. The summed E-state index contributed by atoms with van der Waals surface area (Å²) in [6.07, 6.45) is -1.54. The van der Waals surface area contributed by atoms with Gasteiger partial charge in [0, 0.05) is 5.56 Å². The first-order valence-corrected chi connectivity index (χ1v) is 5.73. The van der Waals surface area contributed by atoms with Crippen LogP contribution in [0, 0.1) is 0 Å². The molecule has 0 amide bonds. The van der Waals surface area contributed by atoms with Crippen molar-refractivity contribution in [2.45, 2.75) is 0 Å². The van der Waals surface area contributed by atoms with Gasteiger partial charge in [-0.1, -0.05) is 42.5 Å². The minimum atomic E-state index is -1.54. The topological polar surface area (TPSA) is 80.7 Å². The molecule has 2 aromatic rings. The van der Waals surface area contributed by atoms with Crippen molar-refractivity contribution in [3.63, 3.8) is 0 Å². The van der Waals surface area contributed by atoms with Crippen molar-refractivity contribution < 1.29 is 24.2 Å². The molecule has 20 heavy (non-hydrogen) atoms. The summed E-state index contributed by atoms with van der Waals surface area (Å²) in [6.45, 7) is 0. The van der Waals surface area contributed by atoms with Crippen LogP contribution in [0.25, 0.3) is 0 Å². The first-order chi connectivity index (χ1) is 9.59. The highest BCUT2D eigenvalue weighted by Gasteiger charge is 2.22. The van der Waals surface area contributed by atoms with Crippen molar-refractivity contribution in [2.75, 3.05) is 0 Å². The predicted molar refractivity (Wildman–Crippen MR) is 70.2 cm³/mol. The quantitative estimate of drug-likeness (QED) is 0.400. The number of ketones is 2. The second-order valence-electron chi connectivity index (χ2n) is 3.89. The Labute approximate surface area is 114 Å². The number of carboxylic acid groups (broad SMARTS) is 1. The van der Waals surface area contributed by atoms with E-state index in [0.29, 0.717) is 0 Å². The molecule has 0 atom stereocenters. The fourth-order valence-corrected chi connectivity index (χ4v) is 1.68. The van der Waals surface area contributed by atoms with Gasteiger partial charge in [-0.15, -0.1) is 0 Å². The maximum Gasteiger partial charge on any atom is 0.511 e. The predicted octanol–water partition coefficient (Wildman–Crippen LogP) is 2.81. The molecule has 5 nitrogen and oxygen atoms in total. The molecule has 0 saturated heterocycles. The summed E-state index contributed by atoms with van der Waals surface area (Å²) in [5.74, 6) is -1.69. The Morgan fingerprint density at radius 2 is 1.40 bits per heavy atom. The van der Waals surface area contributed by atoms with Gasteiger partial charge in [0.2, 0.25) is 11.6 Å². The molecule has 0 heterocycles. The van der Waals surface area contributed by atoms with Gasteiger partial charge in [0.15, 0.2) is 0 Å². The van der Waals surface area contributed by atoms with E-state index in [4.69, 9.17) is 5.11 Å².